The van der Waals surface area contributed by atoms with E-state index >= 15 is 0 Å². The third-order valence-corrected chi connectivity index (χ3v) is 3.78. The zero-order chi connectivity index (χ0) is 13.0. The Kier molecular flexibility index (Phi) is 4.35. The van der Waals surface area contributed by atoms with E-state index in [4.69, 9.17) is 5.26 Å². The molecule has 3 heteroatoms. The topological polar surface area (TPSA) is 39.1 Å². The van der Waals surface area contributed by atoms with Crippen LogP contribution in [0.15, 0.2) is 18.2 Å². The molecule has 0 saturated carbocycles. The number of benzene rings is 1. The first-order chi connectivity index (χ1) is 8.72. The molecule has 0 radical (unpaired) electrons. The van der Waals surface area contributed by atoms with E-state index in [0.29, 0.717) is 6.04 Å². The van der Waals surface area contributed by atoms with E-state index in [1.54, 1.807) is 0 Å². The van der Waals surface area contributed by atoms with Crippen LogP contribution in [0.25, 0.3) is 0 Å². The Hall–Kier alpha value is -1.37. The number of likely N-dealkylation sites (N-methyl/N-ethyl adjacent to an activating group) is 1. The molecule has 1 atom stereocenters. The van der Waals surface area contributed by atoms with E-state index in [0.717, 1.165) is 18.7 Å². The first-order valence-electron chi connectivity index (χ1n) is 6.62. The minimum absolute atomic E-state index is 0.623. The lowest BCUT2D eigenvalue weighted by atomic mass is 10.0. The molecule has 96 valence electrons. The summed E-state index contributed by atoms with van der Waals surface area (Å²) in [5.41, 5.74) is 3.31. The lowest BCUT2D eigenvalue weighted by Crippen LogP contribution is -2.43. The lowest BCUT2D eigenvalue weighted by molar-refractivity contribution is 0.187. The van der Waals surface area contributed by atoms with Crippen LogP contribution in [0.3, 0.4) is 0 Å². The monoisotopic (exact) mass is 243 g/mol. The highest BCUT2D eigenvalue weighted by Crippen LogP contribution is 2.17. The van der Waals surface area contributed by atoms with Gasteiger partial charge in [0.25, 0.3) is 0 Å². The molecule has 0 amide bonds. The molecular weight excluding hydrogens is 222 g/mol. The summed E-state index contributed by atoms with van der Waals surface area (Å²) in [5.74, 6) is 0. The number of aryl methyl sites for hydroxylation is 1. The highest BCUT2D eigenvalue weighted by Gasteiger charge is 2.18. The zero-order valence-corrected chi connectivity index (χ0v) is 11.2. The maximum absolute atomic E-state index is 8.87. The number of nitrogens with one attached hydrogen (secondary N) is 1. The maximum atomic E-state index is 8.87. The van der Waals surface area contributed by atoms with Crippen molar-refractivity contribution < 1.29 is 0 Å². The minimum atomic E-state index is 0.623. The molecule has 1 aliphatic heterocycles. The molecular formula is C15H21N3. The van der Waals surface area contributed by atoms with Gasteiger partial charge in [0.05, 0.1) is 11.6 Å². The number of hydrogen-bond donors (Lipinski definition) is 1. The average molecular weight is 243 g/mol. The molecule has 0 aromatic heterocycles. The highest BCUT2D eigenvalue weighted by molar-refractivity contribution is 5.37. The molecule has 18 heavy (non-hydrogen) atoms. The standard InChI is InChI=1S/C15H21N3/c1-12-8-13(9-16)5-6-14(12)10-18-7-3-4-15(11-18)17-2/h5-6,8,15,17H,3-4,7,10-11H2,1-2H3. The van der Waals surface area contributed by atoms with E-state index in [2.05, 4.69) is 29.3 Å². The highest BCUT2D eigenvalue weighted by atomic mass is 15.2. The number of hydrogen-bond acceptors (Lipinski definition) is 3. The first-order valence-corrected chi connectivity index (χ1v) is 6.62. The van der Waals surface area contributed by atoms with Gasteiger partial charge in [-0.05, 0) is 56.6 Å². The molecule has 1 N–H and O–H groups in total. The Labute approximate surface area is 109 Å². The second-order valence-corrected chi connectivity index (χ2v) is 5.12. The SMILES string of the molecule is CNC1CCCN(Cc2ccc(C#N)cc2C)C1. The van der Waals surface area contributed by atoms with Crippen LogP contribution < -0.4 is 5.32 Å². The van der Waals surface area contributed by atoms with E-state index in [1.807, 2.05) is 19.2 Å². The molecule has 0 spiro atoms. The molecule has 1 fully saturated rings. The quantitative estimate of drug-likeness (QED) is 0.883. The van der Waals surface area contributed by atoms with Crippen molar-refractivity contribution in [3.8, 4) is 6.07 Å². The van der Waals surface area contributed by atoms with Gasteiger partial charge in [0.1, 0.15) is 0 Å². The Morgan fingerprint density at radius 3 is 3.00 bits per heavy atom. The first kappa shape index (κ1) is 13.1. The maximum Gasteiger partial charge on any atom is 0.0991 e. The zero-order valence-electron chi connectivity index (χ0n) is 11.2. The Morgan fingerprint density at radius 1 is 1.50 bits per heavy atom. The summed E-state index contributed by atoms with van der Waals surface area (Å²) in [5, 5.41) is 12.2. The van der Waals surface area contributed by atoms with Gasteiger partial charge in [-0.2, -0.15) is 5.26 Å². The van der Waals surface area contributed by atoms with Crippen molar-refractivity contribution in [3.05, 3.63) is 34.9 Å². The molecule has 1 heterocycles. The van der Waals surface area contributed by atoms with Gasteiger partial charge in [-0.15, -0.1) is 0 Å². The van der Waals surface area contributed by atoms with Crippen molar-refractivity contribution in [1.82, 2.24) is 10.2 Å². The summed E-state index contributed by atoms with van der Waals surface area (Å²) >= 11 is 0. The third kappa shape index (κ3) is 3.10. The van der Waals surface area contributed by atoms with Crippen LogP contribution in [-0.4, -0.2) is 31.1 Å². The van der Waals surface area contributed by atoms with Crippen molar-refractivity contribution >= 4 is 0 Å². The van der Waals surface area contributed by atoms with E-state index < -0.39 is 0 Å². The smallest absolute Gasteiger partial charge is 0.0991 e. The second kappa shape index (κ2) is 5.99. The number of nitriles is 1. The molecule has 1 aromatic rings. The molecule has 0 aliphatic carbocycles. The number of piperidine rings is 1. The summed E-state index contributed by atoms with van der Waals surface area (Å²) in [4.78, 5) is 2.50. The van der Waals surface area contributed by atoms with Gasteiger partial charge in [-0.1, -0.05) is 6.07 Å². The molecule has 2 rings (SSSR count). The molecule has 1 aromatic carbocycles. The molecule has 3 nitrogen and oxygen atoms in total. The molecule has 1 saturated heterocycles. The fraction of sp³-hybridized carbons (Fsp3) is 0.533. The summed E-state index contributed by atoms with van der Waals surface area (Å²) in [6, 6.07) is 8.81. The Balaban J connectivity index is 2.03. The van der Waals surface area contributed by atoms with Gasteiger partial charge >= 0.3 is 0 Å². The van der Waals surface area contributed by atoms with E-state index in [9.17, 15) is 0 Å². The van der Waals surface area contributed by atoms with Gasteiger partial charge in [0.2, 0.25) is 0 Å². The lowest BCUT2D eigenvalue weighted by Gasteiger charge is -2.32. The Bertz CT molecular complexity index is 448. The van der Waals surface area contributed by atoms with E-state index in [-0.39, 0.29) is 0 Å². The van der Waals surface area contributed by atoms with Crippen molar-refractivity contribution in [3.63, 3.8) is 0 Å². The van der Waals surface area contributed by atoms with Gasteiger partial charge in [-0.25, -0.2) is 0 Å². The van der Waals surface area contributed by atoms with Crippen LogP contribution in [0.2, 0.25) is 0 Å². The van der Waals surface area contributed by atoms with Crippen LogP contribution in [0.4, 0.5) is 0 Å². The molecule has 1 unspecified atom stereocenters. The molecule has 1 aliphatic rings. The van der Waals surface area contributed by atoms with Crippen molar-refractivity contribution in [2.75, 3.05) is 20.1 Å². The van der Waals surface area contributed by atoms with Crippen molar-refractivity contribution in [2.24, 2.45) is 0 Å². The second-order valence-electron chi connectivity index (χ2n) is 5.12. The van der Waals surface area contributed by atoms with Gasteiger partial charge < -0.3 is 5.32 Å². The largest absolute Gasteiger partial charge is 0.316 e. The fourth-order valence-corrected chi connectivity index (χ4v) is 2.62. The summed E-state index contributed by atoms with van der Waals surface area (Å²) < 4.78 is 0. The Morgan fingerprint density at radius 2 is 2.33 bits per heavy atom. The predicted octanol–water partition coefficient (Wildman–Crippen LogP) is 2.05. The average Bonchev–Trinajstić information content (AvgIpc) is 2.41. The minimum Gasteiger partial charge on any atom is -0.316 e. The summed E-state index contributed by atoms with van der Waals surface area (Å²) in [6.07, 6.45) is 2.54. The summed E-state index contributed by atoms with van der Waals surface area (Å²) in [6.45, 7) is 5.39. The molecule has 0 bridgehead atoms. The number of nitrogens with zero attached hydrogens (tertiary/aromatic N) is 2. The van der Waals surface area contributed by atoms with Crippen LogP contribution in [0.1, 0.15) is 29.5 Å². The fourth-order valence-electron chi connectivity index (χ4n) is 2.62. The van der Waals surface area contributed by atoms with Crippen LogP contribution in [0.5, 0.6) is 0 Å². The normalized spacial score (nSPS) is 20.6. The number of rotatable bonds is 3. The van der Waals surface area contributed by atoms with Gasteiger partial charge in [0.15, 0.2) is 0 Å². The summed E-state index contributed by atoms with van der Waals surface area (Å²) in [7, 11) is 2.04. The van der Waals surface area contributed by atoms with Crippen LogP contribution in [-0.2, 0) is 6.54 Å². The van der Waals surface area contributed by atoms with E-state index in [1.165, 1.54) is 30.5 Å². The van der Waals surface area contributed by atoms with Gasteiger partial charge in [0, 0.05) is 19.1 Å². The predicted molar refractivity (Wildman–Crippen MR) is 73.3 cm³/mol. The number of likely N-dealkylation sites (tertiary alicyclic amines) is 1. The van der Waals surface area contributed by atoms with Crippen molar-refractivity contribution in [2.45, 2.75) is 32.4 Å². The van der Waals surface area contributed by atoms with Gasteiger partial charge in [-0.3, -0.25) is 4.90 Å². The van der Waals surface area contributed by atoms with Crippen LogP contribution in [0, 0.1) is 18.3 Å². The van der Waals surface area contributed by atoms with Crippen molar-refractivity contribution in [1.29, 1.82) is 5.26 Å². The van der Waals surface area contributed by atoms with Crippen LogP contribution >= 0.6 is 0 Å². The third-order valence-electron chi connectivity index (χ3n) is 3.78.